The highest BCUT2D eigenvalue weighted by atomic mass is 19.4. The van der Waals surface area contributed by atoms with Crippen molar-refractivity contribution in [2.75, 3.05) is 24.6 Å². The Morgan fingerprint density at radius 1 is 1.19 bits per heavy atom. The lowest BCUT2D eigenvalue weighted by atomic mass is 9.97. The van der Waals surface area contributed by atoms with Crippen LogP contribution >= 0.6 is 0 Å². The Morgan fingerprint density at radius 2 is 1.97 bits per heavy atom. The molecule has 0 radical (unpaired) electrons. The first-order valence-electron chi connectivity index (χ1n) is 9.76. The van der Waals surface area contributed by atoms with Gasteiger partial charge in [-0.05, 0) is 23.8 Å². The Balaban J connectivity index is 1.50. The van der Waals surface area contributed by atoms with Crippen LogP contribution in [0.15, 0.2) is 36.7 Å². The molecule has 3 heterocycles. The van der Waals surface area contributed by atoms with E-state index in [1.54, 1.807) is 19.1 Å². The smallest absolute Gasteiger partial charge is 0.422 e. The van der Waals surface area contributed by atoms with E-state index in [1.807, 2.05) is 0 Å². The summed E-state index contributed by atoms with van der Waals surface area (Å²) in [5.41, 5.74) is 1.24. The van der Waals surface area contributed by atoms with Gasteiger partial charge in [0.15, 0.2) is 6.61 Å². The number of rotatable bonds is 8. The van der Waals surface area contributed by atoms with Gasteiger partial charge in [0, 0.05) is 43.6 Å². The van der Waals surface area contributed by atoms with Crippen LogP contribution in [0.1, 0.15) is 36.9 Å². The van der Waals surface area contributed by atoms with Gasteiger partial charge in [-0.2, -0.15) is 13.2 Å². The van der Waals surface area contributed by atoms with E-state index in [4.69, 9.17) is 0 Å². The van der Waals surface area contributed by atoms with Gasteiger partial charge < -0.3 is 9.64 Å². The maximum absolute atomic E-state index is 13.3. The zero-order chi connectivity index (χ0) is 22.6. The van der Waals surface area contributed by atoms with Crippen LogP contribution in [0.2, 0.25) is 0 Å². The second-order valence-corrected chi connectivity index (χ2v) is 7.70. The molecule has 5 nitrogen and oxygen atoms in total. The van der Waals surface area contributed by atoms with Gasteiger partial charge in [-0.3, -0.25) is 9.78 Å². The maximum Gasteiger partial charge on any atom is 0.422 e. The SMILES string of the molecule is C[C@@H](CC(=O)Cc1ccc(N2CCC(F)(F)C2)nc1)c1ccc(OCC(F)(F)F)cn1. The average Bonchev–Trinajstić information content (AvgIpc) is 3.06. The molecule has 0 N–H and O–H groups in total. The van der Waals surface area contributed by atoms with Crippen LogP contribution in [0.3, 0.4) is 0 Å². The summed E-state index contributed by atoms with van der Waals surface area (Å²) in [6, 6.07) is 6.26. The number of ketones is 1. The number of Topliss-reactive ketones (excluding diaryl/α,β-unsaturated/α-hetero) is 1. The molecule has 168 valence electrons. The number of pyridine rings is 2. The molecule has 1 fully saturated rings. The van der Waals surface area contributed by atoms with Gasteiger partial charge in [0.2, 0.25) is 0 Å². The van der Waals surface area contributed by atoms with Gasteiger partial charge in [-0.15, -0.1) is 0 Å². The topological polar surface area (TPSA) is 55.3 Å². The minimum absolute atomic E-state index is 0.00142. The quantitative estimate of drug-likeness (QED) is 0.560. The molecule has 0 unspecified atom stereocenters. The first-order chi connectivity index (χ1) is 14.5. The Morgan fingerprint density at radius 3 is 2.52 bits per heavy atom. The van der Waals surface area contributed by atoms with Crippen molar-refractivity contribution in [2.24, 2.45) is 0 Å². The third-order valence-corrected chi connectivity index (χ3v) is 4.90. The summed E-state index contributed by atoms with van der Waals surface area (Å²) in [4.78, 5) is 22.2. The summed E-state index contributed by atoms with van der Waals surface area (Å²) >= 11 is 0. The predicted octanol–water partition coefficient (Wildman–Crippen LogP) is 4.57. The zero-order valence-electron chi connectivity index (χ0n) is 16.8. The van der Waals surface area contributed by atoms with Crippen molar-refractivity contribution >= 4 is 11.6 Å². The lowest BCUT2D eigenvalue weighted by molar-refractivity contribution is -0.153. The van der Waals surface area contributed by atoms with Crippen molar-refractivity contribution in [3.63, 3.8) is 0 Å². The average molecular weight is 443 g/mol. The lowest BCUT2D eigenvalue weighted by Crippen LogP contribution is -2.25. The lowest BCUT2D eigenvalue weighted by Gasteiger charge is -2.17. The zero-order valence-corrected chi connectivity index (χ0v) is 16.8. The summed E-state index contributed by atoms with van der Waals surface area (Å²) in [5, 5.41) is 0. The second kappa shape index (κ2) is 9.15. The number of aromatic nitrogens is 2. The molecule has 1 aliphatic heterocycles. The Bertz CT molecular complexity index is 885. The minimum atomic E-state index is -4.43. The van der Waals surface area contributed by atoms with E-state index >= 15 is 0 Å². The fraction of sp³-hybridized carbons (Fsp3) is 0.476. The van der Waals surface area contributed by atoms with Crippen LogP contribution in [-0.2, 0) is 11.2 Å². The number of nitrogens with zero attached hydrogens (tertiary/aromatic N) is 3. The van der Waals surface area contributed by atoms with Crippen LogP contribution in [0.25, 0.3) is 0 Å². The van der Waals surface area contributed by atoms with E-state index in [9.17, 15) is 26.7 Å². The van der Waals surface area contributed by atoms with Crippen LogP contribution in [0.5, 0.6) is 5.75 Å². The van der Waals surface area contributed by atoms with E-state index in [0.29, 0.717) is 17.1 Å². The number of hydrogen-bond donors (Lipinski definition) is 0. The summed E-state index contributed by atoms with van der Waals surface area (Å²) in [6.45, 7) is 0.284. The number of halogens is 5. The van der Waals surface area contributed by atoms with E-state index in [0.717, 1.165) is 0 Å². The molecule has 2 aromatic heterocycles. The molecule has 10 heteroatoms. The molecule has 0 aliphatic carbocycles. The minimum Gasteiger partial charge on any atom is -0.483 e. The molecule has 1 saturated heterocycles. The van der Waals surface area contributed by atoms with Crippen molar-refractivity contribution in [1.29, 1.82) is 0 Å². The molecule has 31 heavy (non-hydrogen) atoms. The van der Waals surface area contributed by atoms with E-state index in [2.05, 4.69) is 14.7 Å². The highest BCUT2D eigenvalue weighted by molar-refractivity contribution is 5.81. The van der Waals surface area contributed by atoms with E-state index in [-0.39, 0.29) is 49.8 Å². The van der Waals surface area contributed by atoms with Crippen molar-refractivity contribution in [2.45, 2.75) is 44.2 Å². The molecule has 0 spiro atoms. The molecule has 2 aromatic rings. The molecule has 1 aliphatic rings. The highest BCUT2D eigenvalue weighted by Gasteiger charge is 2.38. The predicted molar refractivity (Wildman–Crippen MR) is 104 cm³/mol. The summed E-state index contributed by atoms with van der Waals surface area (Å²) in [7, 11) is 0. The van der Waals surface area contributed by atoms with Crippen molar-refractivity contribution in [3.05, 3.63) is 47.9 Å². The Labute approximate surface area is 176 Å². The van der Waals surface area contributed by atoms with E-state index in [1.165, 1.54) is 29.4 Å². The first kappa shape index (κ1) is 22.9. The molecule has 1 atom stereocenters. The van der Waals surface area contributed by atoms with Crippen molar-refractivity contribution in [1.82, 2.24) is 9.97 Å². The van der Waals surface area contributed by atoms with Crippen molar-refractivity contribution in [3.8, 4) is 5.75 Å². The fourth-order valence-electron chi connectivity index (χ4n) is 3.32. The number of carbonyl (C=O) groups is 1. The number of alkyl halides is 5. The number of ether oxygens (including phenoxy) is 1. The Hall–Kier alpha value is -2.78. The normalized spacial score (nSPS) is 16.9. The molecule has 0 amide bonds. The van der Waals surface area contributed by atoms with Gasteiger partial charge in [0.1, 0.15) is 17.4 Å². The molecule has 0 saturated carbocycles. The number of carbonyl (C=O) groups excluding carboxylic acids is 1. The first-order valence-corrected chi connectivity index (χ1v) is 9.76. The molecule has 0 aromatic carbocycles. The number of anilines is 1. The van der Waals surface area contributed by atoms with Crippen LogP contribution in [-0.4, -0.2) is 47.5 Å². The molecule has 3 rings (SSSR count). The maximum atomic E-state index is 13.3. The third kappa shape index (κ3) is 6.86. The van der Waals surface area contributed by atoms with Gasteiger partial charge >= 0.3 is 6.18 Å². The fourth-order valence-corrected chi connectivity index (χ4v) is 3.32. The third-order valence-electron chi connectivity index (χ3n) is 4.90. The molecular formula is C21H22F5N3O2. The van der Waals surface area contributed by atoms with Crippen LogP contribution in [0.4, 0.5) is 27.8 Å². The number of hydrogen-bond acceptors (Lipinski definition) is 5. The van der Waals surface area contributed by atoms with Gasteiger partial charge in [-0.25, -0.2) is 13.8 Å². The molecule has 0 bridgehead atoms. The largest absolute Gasteiger partial charge is 0.483 e. The summed E-state index contributed by atoms with van der Waals surface area (Å²) in [5.74, 6) is -2.54. The van der Waals surface area contributed by atoms with E-state index < -0.39 is 18.7 Å². The van der Waals surface area contributed by atoms with Gasteiger partial charge in [-0.1, -0.05) is 13.0 Å². The highest BCUT2D eigenvalue weighted by Crippen LogP contribution is 2.30. The van der Waals surface area contributed by atoms with Gasteiger partial charge in [0.25, 0.3) is 5.92 Å². The van der Waals surface area contributed by atoms with Gasteiger partial charge in [0.05, 0.1) is 12.7 Å². The summed E-state index contributed by atoms with van der Waals surface area (Å²) < 4.78 is 67.8. The van der Waals surface area contributed by atoms with Crippen LogP contribution < -0.4 is 9.64 Å². The molecular weight excluding hydrogens is 421 g/mol. The Kier molecular flexibility index (Phi) is 6.76. The summed E-state index contributed by atoms with van der Waals surface area (Å²) in [6.07, 6.45) is -1.58. The monoisotopic (exact) mass is 443 g/mol. The van der Waals surface area contributed by atoms with Crippen molar-refractivity contribution < 1.29 is 31.5 Å². The second-order valence-electron chi connectivity index (χ2n) is 7.70. The standard InChI is InChI=1S/C21H22F5N3O2/c1-14(18-4-3-17(11-27-18)31-13-21(24,25)26)8-16(30)9-15-2-5-19(28-10-15)29-7-6-20(22,23)12-29/h2-5,10-11,14H,6-9,12-13H2,1H3/t14-/m0/s1. The van der Waals surface area contributed by atoms with Crippen LogP contribution in [0, 0.1) is 0 Å².